The van der Waals surface area contributed by atoms with Gasteiger partial charge in [-0.1, -0.05) is 36.4 Å². The Bertz CT molecular complexity index is 1060. The van der Waals surface area contributed by atoms with Crippen LogP contribution >= 0.6 is 0 Å². The molecule has 0 atom stereocenters. The van der Waals surface area contributed by atoms with Crippen molar-refractivity contribution in [3.05, 3.63) is 71.5 Å². The number of amides is 1. The van der Waals surface area contributed by atoms with E-state index < -0.39 is 15.9 Å². The van der Waals surface area contributed by atoms with E-state index in [2.05, 4.69) is 15.5 Å². The number of hydrogen-bond acceptors (Lipinski definition) is 5. The zero-order chi connectivity index (χ0) is 19.3. The minimum absolute atomic E-state index is 0.151. The lowest BCUT2D eigenvalue weighted by molar-refractivity contribution is -0.121. The van der Waals surface area contributed by atoms with E-state index in [1.807, 2.05) is 30.3 Å². The van der Waals surface area contributed by atoms with Crippen molar-refractivity contribution >= 4 is 27.7 Å². The van der Waals surface area contributed by atoms with Gasteiger partial charge >= 0.3 is 0 Å². The van der Waals surface area contributed by atoms with Crippen LogP contribution in [0, 0.1) is 0 Å². The molecule has 0 saturated carbocycles. The summed E-state index contributed by atoms with van der Waals surface area (Å²) in [5.74, 6) is 0.135. The predicted molar refractivity (Wildman–Crippen MR) is 102 cm³/mol. The molecule has 3 aromatic rings. The van der Waals surface area contributed by atoms with Crippen LogP contribution in [0.1, 0.15) is 11.4 Å². The Morgan fingerprint density at radius 2 is 1.89 bits per heavy atom. The molecule has 0 fully saturated rings. The summed E-state index contributed by atoms with van der Waals surface area (Å²) in [5, 5.41) is 11.8. The van der Waals surface area contributed by atoms with Gasteiger partial charge in [0.15, 0.2) is 11.5 Å². The zero-order valence-corrected chi connectivity index (χ0v) is 15.5. The monoisotopic (exact) mass is 385 g/mol. The molecule has 0 radical (unpaired) electrons. The minimum Gasteiger partial charge on any atom is -0.348 e. The fourth-order valence-corrected chi connectivity index (χ4v) is 3.20. The topological polar surface area (TPSA) is 96.7 Å². The summed E-state index contributed by atoms with van der Waals surface area (Å²) in [4.78, 5) is 12.1. The normalized spacial score (nSPS) is 12.1. The summed E-state index contributed by atoms with van der Waals surface area (Å²) in [6.45, 7) is -0.143. The second-order valence-corrected chi connectivity index (χ2v) is 7.76. The van der Waals surface area contributed by atoms with Crippen molar-refractivity contribution in [3.63, 3.8) is 0 Å². The maximum Gasteiger partial charge on any atom is 0.236 e. The third kappa shape index (κ3) is 4.78. The molecule has 0 aliphatic rings. The van der Waals surface area contributed by atoms with Crippen molar-refractivity contribution < 1.29 is 13.2 Å². The van der Waals surface area contributed by atoms with Crippen molar-refractivity contribution in [2.75, 3.05) is 13.6 Å². The van der Waals surface area contributed by atoms with Crippen LogP contribution in [0.5, 0.6) is 0 Å². The number of nitrogens with one attached hydrogen (secondary N) is 1. The number of carbonyl (C=O) groups excluding carboxylic acids is 1. The van der Waals surface area contributed by atoms with E-state index in [1.54, 1.807) is 28.8 Å². The van der Waals surface area contributed by atoms with E-state index in [4.69, 9.17) is 0 Å². The maximum atomic E-state index is 12.3. The van der Waals surface area contributed by atoms with Gasteiger partial charge in [0.2, 0.25) is 15.9 Å². The van der Waals surface area contributed by atoms with Crippen LogP contribution in [0.25, 0.3) is 11.7 Å². The number of nitrogens with zero attached hydrogens (tertiary/aromatic N) is 4. The van der Waals surface area contributed by atoms with Gasteiger partial charge < -0.3 is 5.32 Å². The Kier molecular flexibility index (Phi) is 5.63. The lowest BCUT2D eigenvalue weighted by Gasteiger charge is -2.14. The first-order chi connectivity index (χ1) is 13.0. The molecule has 27 heavy (non-hydrogen) atoms. The van der Waals surface area contributed by atoms with Gasteiger partial charge in [-0.25, -0.2) is 8.42 Å². The molecular formula is C18H19N5O3S. The largest absolute Gasteiger partial charge is 0.348 e. The smallest absolute Gasteiger partial charge is 0.236 e. The number of aromatic nitrogens is 3. The van der Waals surface area contributed by atoms with Gasteiger partial charge in [0, 0.05) is 18.7 Å². The second kappa shape index (κ2) is 8.11. The molecule has 1 amide bonds. The molecule has 3 rings (SSSR count). The number of benzene rings is 1. The number of rotatable bonds is 7. The number of carbonyl (C=O) groups is 1. The summed E-state index contributed by atoms with van der Waals surface area (Å²) in [6.07, 6.45) is 3.29. The van der Waals surface area contributed by atoms with Crippen LogP contribution in [0.4, 0.5) is 0 Å². The first kappa shape index (κ1) is 18.7. The highest BCUT2D eigenvalue weighted by atomic mass is 32.2. The molecular weight excluding hydrogens is 366 g/mol. The first-order valence-electron chi connectivity index (χ1n) is 8.20. The lowest BCUT2D eigenvalue weighted by Crippen LogP contribution is -2.37. The molecule has 0 bridgehead atoms. The highest BCUT2D eigenvalue weighted by Crippen LogP contribution is 2.07. The molecule has 1 N–H and O–H groups in total. The number of sulfonamides is 1. The van der Waals surface area contributed by atoms with Gasteiger partial charge in [0.25, 0.3) is 0 Å². The molecule has 0 aliphatic heterocycles. The highest BCUT2D eigenvalue weighted by Gasteiger charge is 2.18. The number of hydrogen-bond donors (Lipinski definition) is 1. The SMILES string of the molecule is CN(CC(=O)NCc1nnc2ccccn12)S(=O)(=O)C=Cc1ccccc1. The first-order valence-corrected chi connectivity index (χ1v) is 9.71. The standard InChI is InChI=1S/C18H19N5O3S/c1-22(27(25,26)12-10-15-7-3-2-4-8-15)14-18(24)19-13-17-21-20-16-9-5-6-11-23(16)17/h2-12H,13-14H2,1H3,(H,19,24). The molecule has 2 heterocycles. The summed E-state index contributed by atoms with van der Waals surface area (Å²) in [5.41, 5.74) is 1.44. The zero-order valence-electron chi connectivity index (χ0n) is 14.7. The summed E-state index contributed by atoms with van der Waals surface area (Å²) >= 11 is 0. The van der Waals surface area contributed by atoms with E-state index >= 15 is 0 Å². The van der Waals surface area contributed by atoms with E-state index in [-0.39, 0.29) is 13.1 Å². The predicted octanol–water partition coefficient (Wildman–Crippen LogP) is 1.28. The Labute approximate surface area is 157 Å². The van der Waals surface area contributed by atoms with Crippen LogP contribution in [-0.2, 0) is 21.4 Å². The number of pyridine rings is 1. The van der Waals surface area contributed by atoms with Crippen molar-refractivity contribution in [2.45, 2.75) is 6.54 Å². The lowest BCUT2D eigenvalue weighted by atomic mass is 10.2. The number of likely N-dealkylation sites (N-methyl/N-ethyl adjacent to an activating group) is 1. The van der Waals surface area contributed by atoms with Gasteiger partial charge in [0.1, 0.15) is 0 Å². The van der Waals surface area contributed by atoms with Crippen molar-refractivity contribution in [1.29, 1.82) is 0 Å². The molecule has 0 unspecified atom stereocenters. The molecule has 0 saturated heterocycles. The molecule has 9 heteroatoms. The molecule has 140 valence electrons. The molecule has 8 nitrogen and oxygen atoms in total. The van der Waals surface area contributed by atoms with Crippen LogP contribution in [0.15, 0.2) is 60.1 Å². The average molecular weight is 385 g/mol. The van der Waals surface area contributed by atoms with Gasteiger partial charge in [-0.15, -0.1) is 10.2 Å². The van der Waals surface area contributed by atoms with Gasteiger partial charge in [0.05, 0.1) is 13.1 Å². The number of fused-ring (bicyclic) bond motifs is 1. The Morgan fingerprint density at radius 3 is 2.67 bits per heavy atom. The minimum atomic E-state index is -3.70. The summed E-state index contributed by atoms with van der Waals surface area (Å²) in [7, 11) is -2.34. The molecule has 2 aromatic heterocycles. The van der Waals surface area contributed by atoms with Gasteiger partial charge in [-0.05, 0) is 23.8 Å². The van der Waals surface area contributed by atoms with E-state index in [1.165, 1.54) is 13.1 Å². The summed E-state index contributed by atoms with van der Waals surface area (Å²) < 4.78 is 27.3. The summed E-state index contributed by atoms with van der Waals surface area (Å²) in [6, 6.07) is 14.5. The third-order valence-corrected chi connectivity index (χ3v) is 5.34. The van der Waals surface area contributed by atoms with Gasteiger partial charge in [-0.2, -0.15) is 4.31 Å². The van der Waals surface area contributed by atoms with E-state index in [9.17, 15) is 13.2 Å². The Hall–Kier alpha value is -3.04. The molecule has 1 aromatic carbocycles. The average Bonchev–Trinajstić information content (AvgIpc) is 3.09. The van der Waals surface area contributed by atoms with Crippen LogP contribution in [-0.4, -0.2) is 46.8 Å². The van der Waals surface area contributed by atoms with E-state index in [0.717, 1.165) is 15.3 Å². The van der Waals surface area contributed by atoms with Crippen LogP contribution in [0.3, 0.4) is 0 Å². The molecule has 0 spiro atoms. The fraction of sp³-hybridized carbons (Fsp3) is 0.167. The highest BCUT2D eigenvalue weighted by molar-refractivity contribution is 7.92. The quantitative estimate of drug-likeness (QED) is 0.661. The van der Waals surface area contributed by atoms with Crippen molar-refractivity contribution in [1.82, 2.24) is 24.2 Å². The van der Waals surface area contributed by atoms with Crippen LogP contribution < -0.4 is 5.32 Å². The van der Waals surface area contributed by atoms with Gasteiger partial charge in [-0.3, -0.25) is 9.20 Å². The molecule has 0 aliphatic carbocycles. The third-order valence-electron chi connectivity index (χ3n) is 3.86. The fourth-order valence-electron chi connectivity index (χ4n) is 2.37. The Morgan fingerprint density at radius 1 is 1.15 bits per heavy atom. The second-order valence-electron chi connectivity index (χ2n) is 5.84. The Balaban J connectivity index is 1.57. The van der Waals surface area contributed by atoms with Crippen molar-refractivity contribution in [3.8, 4) is 0 Å². The van der Waals surface area contributed by atoms with Crippen molar-refractivity contribution in [2.24, 2.45) is 0 Å². The van der Waals surface area contributed by atoms with Crippen LogP contribution in [0.2, 0.25) is 0 Å². The van der Waals surface area contributed by atoms with E-state index in [0.29, 0.717) is 11.5 Å². The maximum absolute atomic E-state index is 12.3.